The van der Waals surface area contributed by atoms with E-state index in [2.05, 4.69) is 17.1 Å². The monoisotopic (exact) mass is 405 g/mol. The zero-order chi connectivity index (χ0) is 21.1. The summed E-state index contributed by atoms with van der Waals surface area (Å²) in [6.45, 7) is 4.41. The number of hydrogen-bond donors (Lipinski definition) is 0. The highest BCUT2D eigenvalue weighted by atomic mass is 16.5. The van der Waals surface area contributed by atoms with Gasteiger partial charge in [0.05, 0.1) is 25.3 Å². The molecule has 1 heterocycles. The molecule has 5 heteroatoms. The van der Waals surface area contributed by atoms with Crippen LogP contribution in [0.5, 0.6) is 5.75 Å². The van der Waals surface area contributed by atoms with Crippen LogP contribution in [0.1, 0.15) is 41.8 Å². The van der Waals surface area contributed by atoms with Gasteiger partial charge < -0.3 is 13.9 Å². The standard InChI is InChI=1S/C25H27NO4/c1-16(25(27)28-3)21-11-9-19-15-20(10-12-22(19)21)29-14-13-23-17(2)30-24(26-23)18-7-5-4-6-8-18/h4-8,10,12,15-16,21H,9,11,13-14H2,1-3H3/t16-,21-/m0/s1. The zero-order valence-electron chi connectivity index (χ0n) is 17.7. The Hall–Kier alpha value is -3.08. The van der Waals surface area contributed by atoms with Crippen LogP contribution in [0.3, 0.4) is 0 Å². The number of oxazole rings is 1. The highest BCUT2D eigenvalue weighted by Crippen LogP contribution is 2.40. The Bertz CT molecular complexity index is 1020. The van der Waals surface area contributed by atoms with Crippen molar-refractivity contribution >= 4 is 5.97 Å². The molecule has 0 amide bonds. The van der Waals surface area contributed by atoms with Crippen LogP contribution in [0.15, 0.2) is 52.9 Å². The molecule has 0 bridgehead atoms. The summed E-state index contributed by atoms with van der Waals surface area (Å²) >= 11 is 0. The summed E-state index contributed by atoms with van der Waals surface area (Å²) in [6, 6.07) is 16.1. The van der Waals surface area contributed by atoms with Gasteiger partial charge >= 0.3 is 5.97 Å². The normalized spacial score (nSPS) is 16.2. The molecule has 0 saturated carbocycles. The van der Waals surface area contributed by atoms with Gasteiger partial charge in [-0.1, -0.05) is 31.2 Å². The molecule has 156 valence electrons. The quantitative estimate of drug-likeness (QED) is 0.511. The molecule has 0 unspecified atom stereocenters. The van der Waals surface area contributed by atoms with Crippen molar-refractivity contribution < 1.29 is 18.7 Å². The Kier molecular flexibility index (Phi) is 5.88. The van der Waals surface area contributed by atoms with E-state index >= 15 is 0 Å². The van der Waals surface area contributed by atoms with E-state index < -0.39 is 0 Å². The average molecular weight is 405 g/mol. The molecule has 30 heavy (non-hydrogen) atoms. The van der Waals surface area contributed by atoms with Crippen molar-refractivity contribution in [2.75, 3.05) is 13.7 Å². The van der Waals surface area contributed by atoms with Gasteiger partial charge in [0.25, 0.3) is 0 Å². The first-order chi connectivity index (χ1) is 14.6. The lowest BCUT2D eigenvalue weighted by Crippen LogP contribution is -2.19. The molecule has 0 fully saturated rings. The number of fused-ring (bicyclic) bond motifs is 1. The molecule has 1 aliphatic rings. The fourth-order valence-electron chi connectivity index (χ4n) is 4.22. The fourth-order valence-corrected chi connectivity index (χ4v) is 4.22. The maximum atomic E-state index is 11.9. The minimum absolute atomic E-state index is 0.128. The Morgan fingerprint density at radius 2 is 2.03 bits per heavy atom. The van der Waals surface area contributed by atoms with Crippen molar-refractivity contribution in [3.8, 4) is 17.2 Å². The van der Waals surface area contributed by atoms with Crippen molar-refractivity contribution in [3.05, 3.63) is 71.1 Å². The Morgan fingerprint density at radius 1 is 1.23 bits per heavy atom. The number of ether oxygens (including phenoxy) is 2. The van der Waals surface area contributed by atoms with Gasteiger partial charge in [0.2, 0.25) is 5.89 Å². The highest BCUT2D eigenvalue weighted by Gasteiger charge is 2.32. The molecule has 2 atom stereocenters. The number of hydrogen-bond acceptors (Lipinski definition) is 5. The van der Waals surface area contributed by atoms with E-state index in [-0.39, 0.29) is 17.8 Å². The maximum absolute atomic E-state index is 11.9. The summed E-state index contributed by atoms with van der Waals surface area (Å²) < 4.78 is 16.7. The molecule has 0 radical (unpaired) electrons. The fraction of sp³-hybridized carbons (Fsp3) is 0.360. The minimum Gasteiger partial charge on any atom is -0.493 e. The van der Waals surface area contributed by atoms with Crippen LogP contribution < -0.4 is 4.74 Å². The van der Waals surface area contributed by atoms with E-state index in [0.717, 1.165) is 35.6 Å². The number of rotatable bonds is 7. The molecule has 0 aliphatic heterocycles. The SMILES string of the molecule is COC(=O)[C@@H](C)[C@@H]1CCc2cc(OCCc3nc(-c4ccccc4)oc3C)ccc21. The molecule has 0 spiro atoms. The van der Waals surface area contributed by atoms with Gasteiger partial charge in [-0.2, -0.15) is 0 Å². The average Bonchev–Trinajstić information content (AvgIpc) is 3.36. The third-order valence-corrected chi connectivity index (χ3v) is 5.94. The lowest BCUT2D eigenvalue weighted by atomic mass is 9.89. The second-order valence-electron chi connectivity index (χ2n) is 7.80. The van der Waals surface area contributed by atoms with Crippen LogP contribution in [-0.2, 0) is 22.4 Å². The predicted octanol–water partition coefficient (Wildman–Crippen LogP) is 5.11. The summed E-state index contributed by atoms with van der Waals surface area (Å²) in [5.74, 6) is 2.26. The predicted molar refractivity (Wildman–Crippen MR) is 115 cm³/mol. The van der Waals surface area contributed by atoms with Crippen LogP contribution >= 0.6 is 0 Å². The summed E-state index contributed by atoms with van der Waals surface area (Å²) in [4.78, 5) is 16.5. The smallest absolute Gasteiger partial charge is 0.308 e. The lowest BCUT2D eigenvalue weighted by Gasteiger charge is -2.18. The van der Waals surface area contributed by atoms with Crippen molar-refractivity contribution in [1.82, 2.24) is 4.98 Å². The van der Waals surface area contributed by atoms with Crippen LogP contribution in [0.4, 0.5) is 0 Å². The summed E-state index contributed by atoms with van der Waals surface area (Å²) in [5, 5.41) is 0. The largest absolute Gasteiger partial charge is 0.493 e. The number of carbonyl (C=O) groups is 1. The molecule has 4 rings (SSSR count). The van der Waals surface area contributed by atoms with E-state index in [1.54, 1.807) is 0 Å². The number of aryl methyl sites for hydroxylation is 2. The number of esters is 1. The summed E-state index contributed by atoms with van der Waals surface area (Å²) in [7, 11) is 1.45. The minimum atomic E-state index is -0.147. The van der Waals surface area contributed by atoms with Gasteiger partial charge in [-0.3, -0.25) is 4.79 Å². The molecule has 5 nitrogen and oxygen atoms in total. The van der Waals surface area contributed by atoms with Gasteiger partial charge in [-0.15, -0.1) is 0 Å². The Balaban J connectivity index is 1.38. The van der Waals surface area contributed by atoms with E-state index in [1.165, 1.54) is 18.2 Å². The lowest BCUT2D eigenvalue weighted by molar-refractivity contribution is -0.145. The van der Waals surface area contributed by atoms with E-state index in [4.69, 9.17) is 13.9 Å². The van der Waals surface area contributed by atoms with Crippen molar-refractivity contribution in [1.29, 1.82) is 0 Å². The molecule has 2 aromatic carbocycles. The second-order valence-corrected chi connectivity index (χ2v) is 7.80. The van der Waals surface area contributed by atoms with E-state index in [9.17, 15) is 4.79 Å². The summed E-state index contributed by atoms with van der Waals surface area (Å²) in [6.07, 6.45) is 2.61. The van der Waals surface area contributed by atoms with Gasteiger partial charge in [0.1, 0.15) is 11.5 Å². The highest BCUT2D eigenvalue weighted by molar-refractivity contribution is 5.73. The maximum Gasteiger partial charge on any atom is 0.308 e. The van der Waals surface area contributed by atoms with Crippen molar-refractivity contribution in [3.63, 3.8) is 0 Å². The van der Waals surface area contributed by atoms with Crippen LogP contribution in [-0.4, -0.2) is 24.7 Å². The topological polar surface area (TPSA) is 61.6 Å². The molecular formula is C25H27NO4. The van der Waals surface area contributed by atoms with Gasteiger partial charge in [0.15, 0.2) is 0 Å². The number of carbonyl (C=O) groups excluding carboxylic acids is 1. The Labute approximate surface area is 177 Å². The molecule has 0 N–H and O–H groups in total. The number of aromatic nitrogens is 1. The molecular weight excluding hydrogens is 378 g/mol. The second kappa shape index (κ2) is 8.74. The van der Waals surface area contributed by atoms with Gasteiger partial charge in [-0.25, -0.2) is 4.98 Å². The van der Waals surface area contributed by atoms with Gasteiger partial charge in [-0.05, 0) is 61.1 Å². The van der Waals surface area contributed by atoms with Gasteiger partial charge in [0, 0.05) is 12.0 Å². The van der Waals surface area contributed by atoms with E-state index in [0.29, 0.717) is 18.9 Å². The third kappa shape index (κ3) is 4.11. The third-order valence-electron chi connectivity index (χ3n) is 5.94. The Morgan fingerprint density at radius 3 is 2.80 bits per heavy atom. The number of benzene rings is 2. The zero-order valence-corrected chi connectivity index (χ0v) is 17.7. The number of methoxy groups -OCH3 is 1. The number of nitrogens with zero attached hydrogens (tertiary/aromatic N) is 1. The van der Waals surface area contributed by atoms with E-state index in [1.807, 2.05) is 50.2 Å². The summed E-state index contributed by atoms with van der Waals surface area (Å²) in [5.41, 5.74) is 4.39. The van der Waals surface area contributed by atoms with Crippen LogP contribution in [0.2, 0.25) is 0 Å². The molecule has 1 aliphatic carbocycles. The first-order valence-corrected chi connectivity index (χ1v) is 10.4. The molecule has 0 saturated heterocycles. The van der Waals surface area contributed by atoms with Crippen LogP contribution in [0, 0.1) is 12.8 Å². The van der Waals surface area contributed by atoms with Crippen LogP contribution in [0.25, 0.3) is 11.5 Å². The molecule has 1 aromatic heterocycles. The first-order valence-electron chi connectivity index (χ1n) is 10.4. The first kappa shape index (κ1) is 20.2. The molecule has 3 aromatic rings. The van der Waals surface area contributed by atoms with Crippen molar-refractivity contribution in [2.45, 2.75) is 39.0 Å². The van der Waals surface area contributed by atoms with Crippen molar-refractivity contribution in [2.24, 2.45) is 5.92 Å².